The maximum atomic E-state index is 5.71. The van der Waals surface area contributed by atoms with E-state index >= 15 is 0 Å². The van der Waals surface area contributed by atoms with E-state index in [1.165, 1.54) is 0 Å². The zero-order valence-electron chi connectivity index (χ0n) is 10.2. The predicted octanol–water partition coefficient (Wildman–Crippen LogP) is 3.56. The first-order valence-corrected chi connectivity index (χ1v) is 6.12. The van der Waals surface area contributed by atoms with E-state index in [4.69, 9.17) is 27.6 Å². The van der Waals surface area contributed by atoms with Crippen molar-refractivity contribution < 1.29 is 4.42 Å². The summed E-state index contributed by atoms with van der Waals surface area (Å²) in [5.74, 6) is 2.06. The van der Waals surface area contributed by atoms with Crippen LogP contribution in [0.3, 0.4) is 0 Å². The number of anilines is 1. The van der Waals surface area contributed by atoms with Gasteiger partial charge in [-0.3, -0.25) is 0 Å². The first-order chi connectivity index (χ1) is 8.45. The van der Waals surface area contributed by atoms with Gasteiger partial charge in [-0.15, -0.1) is 0 Å². The lowest BCUT2D eigenvalue weighted by atomic mass is 10.1. The van der Waals surface area contributed by atoms with Crippen molar-refractivity contribution >= 4 is 29.2 Å². The maximum Gasteiger partial charge on any atom is 0.228 e. The second-order valence-corrected chi connectivity index (χ2v) is 4.61. The van der Waals surface area contributed by atoms with Gasteiger partial charge >= 0.3 is 0 Å². The van der Waals surface area contributed by atoms with Crippen molar-refractivity contribution in [2.75, 3.05) is 5.32 Å². The smallest absolute Gasteiger partial charge is 0.228 e. The molecule has 0 aliphatic carbocycles. The van der Waals surface area contributed by atoms with Gasteiger partial charge in [-0.05, 0) is 50.0 Å². The largest absolute Gasteiger partial charge is 0.466 e. The molecule has 0 amide bonds. The van der Waals surface area contributed by atoms with E-state index in [9.17, 15) is 0 Å². The van der Waals surface area contributed by atoms with Crippen LogP contribution in [0, 0.1) is 13.8 Å². The van der Waals surface area contributed by atoms with Gasteiger partial charge in [-0.1, -0.05) is 0 Å². The van der Waals surface area contributed by atoms with Gasteiger partial charge in [0.2, 0.25) is 16.5 Å². The quantitative estimate of drug-likeness (QED) is 0.935. The van der Waals surface area contributed by atoms with Crippen molar-refractivity contribution in [1.29, 1.82) is 0 Å². The van der Waals surface area contributed by atoms with Gasteiger partial charge in [-0.2, -0.15) is 15.0 Å². The molecular formula is C11H12Cl2N4O. The number of halogens is 2. The van der Waals surface area contributed by atoms with Crippen molar-refractivity contribution in [2.45, 2.75) is 26.8 Å². The summed E-state index contributed by atoms with van der Waals surface area (Å²) in [6.07, 6.45) is 0. The average Bonchev–Trinajstić information content (AvgIpc) is 2.56. The van der Waals surface area contributed by atoms with Crippen molar-refractivity contribution in [3.05, 3.63) is 33.7 Å². The van der Waals surface area contributed by atoms with E-state index in [0.717, 1.165) is 17.1 Å². The highest BCUT2D eigenvalue weighted by Crippen LogP contribution is 2.24. The van der Waals surface area contributed by atoms with Crippen LogP contribution >= 0.6 is 23.2 Å². The van der Waals surface area contributed by atoms with E-state index in [1.807, 2.05) is 26.8 Å². The molecule has 7 heteroatoms. The molecule has 2 rings (SSSR count). The van der Waals surface area contributed by atoms with Gasteiger partial charge in [0.1, 0.15) is 11.5 Å². The summed E-state index contributed by atoms with van der Waals surface area (Å²) in [5, 5.41) is 3.22. The fourth-order valence-electron chi connectivity index (χ4n) is 1.74. The molecule has 0 bridgehead atoms. The van der Waals surface area contributed by atoms with Gasteiger partial charge in [0.05, 0.1) is 6.04 Å². The van der Waals surface area contributed by atoms with E-state index in [2.05, 4.69) is 20.3 Å². The van der Waals surface area contributed by atoms with Crippen LogP contribution in [0.25, 0.3) is 0 Å². The SMILES string of the molecule is Cc1cc(C(C)Nc2nc(Cl)nc(Cl)n2)c(C)o1. The third-order valence-corrected chi connectivity index (χ3v) is 2.81. The molecule has 1 N–H and O–H groups in total. The Kier molecular flexibility index (Phi) is 3.73. The number of aryl methyl sites for hydroxylation is 2. The van der Waals surface area contributed by atoms with Crippen LogP contribution in [-0.4, -0.2) is 15.0 Å². The Labute approximate surface area is 115 Å². The van der Waals surface area contributed by atoms with Crippen molar-refractivity contribution in [3.8, 4) is 0 Å². The Balaban J connectivity index is 2.20. The highest BCUT2D eigenvalue weighted by molar-refractivity contribution is 6.31. The molecule has 0 saturated heterocycles. The number of aromatic nitrogens is 3. The van der Waals surface area contributed by atoms with Crippen molar-refractivity contribution in [3.63, 3.8) is 0 Å². The van der Waals surface area contributed by atoms with Gasteiger partial charge in [0, 0.05) is 5.56 Å². The molecule has 2 aromatic rings. The fraction of sp³-hybridized carbons (Fsp3) is 0.364. The molecule has 0 aromatic carbocycles. The second kappa shape index (κ2) is 5.12. The summed E-state index contributed by atoms with van der Waals surface area (Å²) < 4.78 is 5.48. The third kappa shape index (κ3) is 2.91. The normalized spacial score (nSPS) is 12.5. The number of hydrogen-bond acceptors (Lipinski definition) is 5. The average molecular weight is 287 g/mol. The first-order valence-electron chi connectivity index (χ1n) is 5.36. The minimum Gasteiger partial charge on any atom is -0.466 e. The Hall–Kier alpha value is -1.33. The number of nitrogens with one attached hydrogen (secondary N) is 1. The summed E-state index contributed by atoms with van der Waals surface area (Å²) in [4.78, 5) is 11.6. The number of hydrogen-bond donors (Lipinski definition) is 1. The summed E-state index contributed by atoms with van der Waals surface area (Å²) in [6.45, 7) is 5.79. The second-order valence-electron chi connectivity index (χ2n) is 3.93. The summed E-state index contributed by atoms with van der Waals surface area (Å²) >= 11 is 11.4. The highest BCUT2D eigenvalue weighted by Gasteiger charge is 2.14. The van der Waals surface area contributed by atoms with Crippen LogP contribution in [0.15, 0.2) is 10.5 Å². The van der Waals surface area contributed by atoms with Gasteiger partial charge in [-0.25, -0.2) is 0 Å². The molecule has 0 radical (unpaired) electrons. The fourth-order valence-corrected chi connectivity index (χ4v) is 2.11. The predicted molar refractivity (Wildman–Crippen MR) is 70.1 cm³/mol. The van der Waals surface area contributed by atoms with Crippen molar-refractivity contribution in [2.24, 2.45) is 0 Å². The van der Waals surface area contributed by atoms with Crippen LogP contribution in [0.4, 0.5) is 5.95 Å². The minimum atomic E-state index is -0.0167. The molecular weight excluding hydrogens is 275 g/mol. The van der Waals surface area contributed by atoms with Crippen LogP contribution in [0.2, 0.25) is 10.6 Å². The Bertz CT molecular complexity index is 550. The van der Waals surface area contributed by atoms with E-state index in [1.54, 1.807) is 0 Å². The van der Waals surface area contributed by atoms with E-state index < -0.39 is 0 Å². The lowest BCUT2D eigenvalue weighted by Gasteiger charge is -2.12. The van der Waals surface area contributed by atoms with Gasteiger partial charge in [0.25, 0.3) is 0 Å². The molecule has 0 aliphatic heterocycles. The van der Waals surface area contributed by atoms with Crippen molar-refractivity contribution in [1.82, 2.24) is 15.0 Å². The molecule has 96 valence electrons. The molecule has 18 heavy (non-hydrogen) atoms. The summed E-state index contributed by atoms with van der Waals surface area (Å²) in [7, 11) is 0. The molecule has 0 aliphatic rings. The standard InChI is InChI=1S/C11H12Cl2N4O/c1-5-4-8(7(3)18-5)6(2)14-11-16-9(12)15-10(13)17-11/h4,6H,1-3H3,(H,14,15,16,17). The van der Waals surface area contributed by atoms with Crippen LogP contribution in [-0.2, 0) is 0 Å². The first kappa shape index (κ1) is 13.1. The number of nitrogens with zero attached hydrogens (tertiary/aromatic N) is 3. The number of rotatable bonds is 3. The highest BCUT2D eigenvalue weighted by atomic mass is 35.5. The Morgan fingerprint density at radius 3 is 2.28 bits per heavy atom. The lowest BCUT2D eigenvalue weighted by Crippen LogP contribution is -2.10. The van der Waals surface area contributed by atoms with Crippen LogP contribution < -0.4 is 5.32 Å². The van der Waals surface area contributed by atoms with E-state index in [0.29, 0.717) is 5.95 Å². The molecule has 0 spiro atoms. The zero-order chi connectivity index (χ0) is 13.3. The molecule has 0 saturated carbocycles. The maximum absolute atomic E-state index is 5.71. The Morgan fingerprint density at radius 2 is 1.78 bits per heavy atom. The minimum absolute atomic E-state index is 0.0167. The number of furan rings is 1. The van der Waals surface area contributed by atoms with E-state index in [-0.39, 0.29) is 16.6 Å². The summed E-state index contributed by atoms with van der Waals surface area (Å²) in [5.41, 5.74) is 1.04. The molecule has 1 atom stereocenters. The zero-order valence-corrected chi connectivity index (χ0v) is 11.7. The third-order valence-electron chi connectivity index (χ3n) is 2.47. The van der Waals surface area contributed by atoms with Crippen LogP contribution in [0.1, 0.15) is 30.0 Å². The molecule has 2 aromatic heterocycles. The molecule has 5 nitrogen and oxygen atoms in total. The molecule has 0 fully saturated rings. The van der Waals surface area contributed by atoms with Gasteiger partial charge < -0.3 is 9.73 Å². The molecule has 1 unspecified atom stereocenters. The molecule has 2 heterocycles. The van der Waals surface area contributed by atoms with Gasteiger partial charge in [0.15, 0.2) is 0 Å². The monoisotopic (exact) mass is 286 g/mol. The lowest BCUT2D eigenvalue weighted by molar-refractivity contribution is 0.499. The van der Waals surface area contributed by atoms with Crippen LogP contribution in [0.5, 0.6) is 0 Å². The Morgan fingerprint density at radius 1 is 1.17 bits per heavy atom. The topological polar surface area (TPSA) is 63.8 Å². The summed E-state index contributed by atoms with van der Waals surface area (Å²) in [6, 6.07) is 1.95.